The quantitative estimate of drug-likeness (QED) is 0.540. The van der Waals surface area contributed by atoms with E-state index < -0.39 is 5.41 Å². The van der Waals surface area contributed by atoms with Gasteiger partial charge >= 0.3 is 0 Å². The number of nitrogens with zero attached hydrogens (tertiary/aromatic N) is 1. The van der Waals surface area contributed by atoms with Crippen LogP contribution in [0.1, 0.15) is 23.1 Å². The fourth-order valence-corrected chi connectivity index (χ4v) is 5.64. The van der Waals surface area contributed by atoms with E-state index in [-0.39, 0.29) is 25.4 Å². The molecular formula is C27H20ClNO5. The standard InChI is InChI=1S/C27H20ClNO5/c28-20-7-3-1-5-17(20)22-10-9-16(34-22)13-29-21-8-4-2-6-18(21)27(26(29)30)14-31-23-12-25-24(11-19(23)27)32-15-33-25/h1-8,10-12,16H,9,13-15H2. The van der Waals surface area contributed by atoms with Crippen molar-refractivity contribution in [3.05, 3.63) is 88.5 Å². The van der Waals surface area contributed by atoms with Gasteiger partial charge in [0, 0.05) is 29.3 Å². The van der Waals surface area contributed by atoms with E-state index in [4.69, 9.17) is 30.5 Å². The maximum atomic E-state index is 14.1. The van der Waals surface area contributed by atoms with Gasteiger partial charge in [0.15, 0.2) is 11.5 Å². The van der Waals surface area contributed by atoms with E-state index in [1.165, 1.54) is 0 Å². The van der Waals surface area contributed by atoms with Crippen LogP contribution in [0.4, 0.5) is 5.69 Å². The molecule has 0 aromatic heterocycles. The second kappa shape index (κ2) is 7.18. The van der Waals surface area contributed by atoms with E-state index >= 15 is 0 Å². The van der Waals surface area contributed by atoms with Gasteiger partial charge in [0.05, 0.1) is 11.6 Å². The summed E-state index contributed by atoms with van der Waals surface area (Å²) in [6, 6.07) is 19.3. The fraction of sp³-hybridized carbons (Fsp3) is 0.222. The van der Waals surface area contributed by atoms with Gasteiger partial charge in [-0.05, 0) is 35.9 Å². The first-order chi connectivity index (χ1) is 16.6. The van der Waals surface area contributed by atoms with E-state index in [2.05, 4.69) is 0 Å². The van der Waals surface area contributed by atoms with Crippen LogP contribution < -0.4 is 19.1 Å². The maximum Gasteiger partial charge on any atom is 0.245 e. The highest BCUT2D eigenvalue weighted by molar-refractivity contribution is 6.32. The van der Waals surface area contributed by atoms with Crippen LogP contribution in [0.3, 0.4) is 0 Å². The largest absolute Gasteiger partial charge is 0.491 e. The van der Waals surface area contributed by atoms with Crippen molar-refractivity contribution < 1.29 is 23.7 Å². The van der Waals surface area contributed by atoms with Crippen LogP contribution in [0.5, 0.6) is 17.2 Å². The van der Waals surface area contributed by atoms with Crippen molar-refractivity contribution in [2.75, 3.05) is 24.8 Å². The lowest BCUT2D eigenvalue weighted by Crippen LogP contribution is -2.45. The van der Waals surface area contributed by atoms with Gasteiger partial charge in [0.25, 0.3) is 0 Å². The molecule has 0 N–H and O–H groups in total. The SMILES string of the molecule is O=C1N(CC2CC=C(c3ccccc3Cl)O2)c2ccccc2C12COc1cc3c(cc12)OCO3. The molecule has 0 saturated carbocycles. The number of para-hydroxylation sites is 1. The first-order valence-corrected chi connectivity index (χ1v) is 11.6. The second-order valence-electron chi connectivity index (χ2n) is 8.85. The second-order valence-corrected chi connectivity index (χ2v) is 9.26. The van der Waals surface area contributed by atoms with Crippen molar-refractivity contribution in [2.45, 2.75) is 17.9 Å². The third kappa shape index (κ3) is 2.66. The Kier molecular flexibility index (Phi) is 4.18. The summed E-state index contributed by atoms with van der Waals surface area (Å²) in [5.41, 5.74) is 2.60. The Hall–Kier alpha value is -3.64. The zero-order chi connectivity index (χ0) is 22.9. The Morgan fingerprint density at radius 3 is 2.62 bits per heavy atom. The summed E-state index contributed by atoms with van der Waals surface area (Å²) in [5, 5.41) is 0.648. The molecule has 2 unspecified atom stereocenters. The average molecular weight is 474 g/mol. The Balaban J connectivity index is 1.22. The van der Waals surface area contributed by atoms with E-state index in [0.29, 0.717) is 35.2 Å². The van der Waals surface area contributed by atoms with Crippen LogP contribution in [-0.2, 0) is 14.9 Å². The molecule has 2 atom stereocenters. The number of carbonyl (C=O) groups excluding carboxylic acids is 1. The van der Waals surface area contributed by atoms with E-state index in [0.717, 1.165) is 28.1 Å². The normalized spacial score (nSPS) is 23.6. The van der Waals surface area contributed by atoms with Gasteiger partial charge < -0.3 is 23.8 Å². The summed E-state index contributed by atoms with van der Waals surface area (Å²) in [7, 11) is 0. The maximum absolute atomic E-state index is 14.1. The van der Waals surface area contributed by atoms with E-state index in [1.54, 1.807) is 0 Å². The zero-order valence-corrected chi connectivity index (χ0v) is 18.9. The van der Waals surface area contributed by atoms with Crippen LogP contribution in [0.15, 0.2) is 66.7 Å². The van der Waals surface area contributed by atoms with Gasteiger partial charge in [-0.25, -0.2) is 0 Å². The number of rotatable bonds is 3. The summed E-state index contributed by atoms with van der Waals surface area (Å²) in [6.07, 6.45) is 2.57. The number of anilines is 1. The topological polar surface area (TPSA) is 57.2 Å². The third-order valence-electron chi connectivity index (χ3n) is 7.03. The van der Waals surface area contributed by atoms with Crippen molar-refractivity contribution in [1.82, 2.24) is 0 Å². The zero-order valence-electron chi connectivity index (χ0n) is 18.1. The molecule has 0 radical (unpaired) electrons. The third-order valence-corrected chi connectivity index (χ3v) is 7.36. The van der Waals surface area contributed by atoms with Gasteiger partial charge in [-0.3, -0.25) is 4.79 Å². The number of halogens is 1. The smallest absolute Gasteiger partial charge is 0.245 e. The highest BCUT2D eigenvalue weighted by Crippen LogP contribution is 2.55. The summed E-state index contributed by atoms with van der Waals surface area (Å²) < 4.78 is 23.4. The number of amides is 1. The van der Waals surface area contributed by atoms with Crippen LogP contribution >= 0.6 is 11.6 Å². The Bertz CT molecular complexity index is 1390. The van der Waals surface area contributed by atoms with E-state index in [9.17, 15) is 4.79 Å². The Morgan fingerprint density at radius 1 is 0.941 bits per heavy atom. The number of carbonyl (C=O) groups is 1. The molecule has 4 aliphatic rings. The predicted molar refractivity (Wildman–Crippen MR) is 127 cm³/mol. The lowest BCUT2D eigenvalue weighted by molar-refractivity contribution is -0.122. The molecule has 3 aromatic carbocycles. The molecule has 7 rings (SSSR count). The van der Waals surface area contributed by atoms with Gasteiger partial charge in [-0.2, -0.15) is 0 Å². The molecule has 34 heavy (non-hydrogen) atoms. The molecule has 0 fully saturated rings. The number of ether oxygens (including phenoxy) is 4. The van der Waals surface area contributed by atoms with Crippen LogP contribution in [0.25, 0.3) is 5.76 Å². The first kappa shape index (κ1) is 19.8. The molecular weight excluding hydrogens is 454 g/mol. The minimum Gasteiger partial charge on any atom is -0.491 e. The summed E-state index contributed by atoms with van der Waals surface area (Å²) >= 11 is 6.36. The molecule has 6 nitrogen and oxygen atoms in total. The van der Waals surface area contributed by atoms with Crippen LogP contribution in [0.2, 0.25) is 5.02 Å². The van der Waals surface area contributed by atoms with Crippen molar-refractivity contribution in [2.24, 2.45) is 0 Å². The molecule has 0 bridgehead atoms. The molecule has 1 spiro atoms. The van der Waals surface area contributed by atoms with Crippen LogP contribution in [-0.4, -0.2) is 32.0 Å². The molecule has 0 saturated heterocycles. The predicted octanol–water partition coefficient (Wildman–Crippen LogP) is 4.92. The minimum atomic E-state index is -0.912. The van der Waals surface area contributed by atoms with Gasteiger partial charge in [0.2, 0.25) is 12.7 Å². The van der Waals surface area contributed by atoms with E-state index in [1.807, 2.05) is 71.6 Å². The summed E-state index contributed by atoms with van der Waals surface area (Å²) in [4.78, 5) is 16.0. The Morgan fingerprint density at radius 2 is 1.74 bits per heavy atom. The number of hydrogen-bond donors (Lipinski definition) is 0. The van der Waals surface area contributed by atoms with Crippen molar-refractivity contribution in [1.29, 1.82) is 0 Å². The molecule has 3 aromatic rings. The molecule has 0 aliphatic carbocycles. The molecule has 4 heterocycles. The Labute approximate surface area is 201 Å². The van der Waals surface area contributed by atoms with Crippen molar-refractivity contribution in [3.8, 4) is 17.2 Å². The summed E-state index contributed by atoms with van der Waals surface area (Å²) in [6.45, 7) is 0.843. The van der Waals surface area contributed by atoms with Gasteiger partial charge in [-0.15, -0.1) is 0 Å². The average Bonchev–Trinajstić information content (AvgIpc) is 3.63. The van der Waals surface area contributed by atoms with Gasteiger partial charge in [-0.1, -0.05) is 41.9 Å². The number of benzene rings is 3. The number of hydrogen-bond acceptors (Lipinski definition) is 5. The fourth-order valence-electron chi connectivity index (χ4n) is 5.41. The number of fused-ring (bicyclic) bond motifs is 5. The van der Waals surface area contributed by atoms with Gasteiger partial charge in [0.1, 0.15) is 29.6 Å². The minimum absolute atomic E-state index is 0.0129. The lowest BCUT2D eigenvalue weighted by atomic mass is 9.77. The first-order valence-electron chi connectivity index (χ1n) is 11.3. The lowest BCUT2D eigenvalue weighted by Gasteiger charge is -2.25. The molecule has 170 valence electrons. The van der Waals surface area contributed by atoms with Crippen LogP contribution in [0, 0.1) is 0 Å². The highest BCUT2D eigenvalue weighted by atomic mass is 35.5. The molecule has 7 heteroatoms. The molecule has 4 aliphatic heterocycles. The van der Waals surface area contributed by atoms with Crippen molar-refractivity contribution in [3.63, 3.8) is 0 Å². The highest BCUT2D eigenvalue weighted by Gasteiger charge is 2.57. The summed E-state index contributed by atoms with van der Waals surface area (Å²) in [5.74, 6) is 2.69. The van der Waals surface area contributed by atoms with Crippen molar-refractivity contribution >= 4 is 29.0 Å². The molecule has 1 amide bonds. The monoisotopic (exact) mass is 473 g/mol.